The molecule has 42 heavy (non-hydrogen) atoms. The fourth-order valence-electron chi connectivity index (χ4n) is 5.48. The Hall–Kier alpha value is -4.11. The van der Waals surface area contributed by atoms with Gasteiger partial charge in [0.05, 0.1) is 6.04 Å². The van der Waals surface area contributed by atoms with Gasteiger partial charge in [-0.15, -0.1) is 0 Å². The number of nitrogens with zero attached hydrogens (tertiary/aromatic N) is 1. The Morgan fingerprint density at radius 1 is 1.02 bits per heavy atom. The molecule has 3 heterocycles. The second-order valence-corrected chi connectivity index (χ2v) is 11.6. The van der Waals surface area contributed by atoms with Crippen molar-refractivity contribution in [3.8, 4) is 5.75 Å². The average Bonchev–Trinajstić information content (AvgIpc) is 3.37. The van der Waals surface area contributed by atoms with Crippen molar-refractivity contribution in [1.29, 1.82) is 0 Å². The third-order valence-electron chi connectivity index (χ3n) is 7.96. The number of nitrogens with one attached hydrogen (secondary N) is 4. The van der Waals surface area contributed by atoms with E-state index in [1.54, 1.807) is 12.3 Å². The van der Waals surface area contributed by atoms with Crippen molar-refractivity contribution >= 4 is 34.7 Å². The van der Waals surface area contributed by atoms with Gasteiger partial charge in [0.2, 0.25) is 17.7 Å². The summed E-state index contributed by atoms with van der Waals surface area (Å²) < 4.78 is 6.39. The van der Waals surface area contributed by atoms with Crippen LogP contribution in [-0.2, 0) is 20.8 Å². The summed E-state index contributed by atoms with van der Waals surface area (Å²) in [4.78, 5) is 46.5. The van der Waals surface area contributed by atoms with Crippen LogP contribution in [0.15, 0.2) is 60.9 Å². The Balaban J connectivity index is 1.73. The number of hydrogen-bond acceptors (Lipinski definition) is 5. The topological polar surface area (TPSA) is 116 Å². The molecule has 0 radical (unpaired) electrons. The average molecular weight is 574 g/mol. The number of ether oxygens (including phenoxy) is 1. The summed E-state index contributed by atoms with van der Waals surface area (Å²) in [5.41, 5.74) is 2.72. The fraction of sp³-hybridized carbons (Fsp3) is 0.424. The number of aromatic nitrogens is 1. The molecule has 4 N–H and O–H groups in total. The van der Waals surface area contributed by atoms with E-state index in [1.807, 2.05) is 101 Å². The molecule has 0 spiro atoms. The molecule has 2 aliphatic heterocycles. The fourth-order valence-corrected chi connectivity index (χ4v) is 5.48. The van der Waals surface area contributed by atoms with E-state index in [0.717, 1.165) is 28.5 Å². The lowest BCUT2D eigenvalue weighted by Crippen LogP contribution is -2.62. The van der Waals surface area contributed by atoms with Crippen molar-refractivity contribution in [1.82, 2.24) is 25.8 Å². The quantitative estimate of drug-likeness (QED) is 0.327. The van der Waals surface area contributed by atoms with Crippen LogP contribution in [0.3, 0.4) is 0 Å². The third kappa shape index (κ3) is 7.20. The zero-order chi connectivity index (χ0) is 30.4. The van der Waals surface area contributed by atoms with E-state index in [2.05, 4.69) is 20.9 Å². The normalized spacial score (nSPS) is 21.8. The highest BCUT2D eigenvalue weighted by molar-refractivity contribution is 5.94. The number of carbonyl (C=O) groups excluding carboxylic acids is 3. The van der Waals surface area contributed by atoms with Gasteiger partial charge in [0.25, 0.3) is 0 Å². The monoisotopic (exact) mass is 573 g/mol. The summed E-state index contributed by atoms with van der Waals surface area (Å²) in [7, 11) is 3.72. The van der Waals surface area contributed by atoms with Crippen molar-refractivity contribution in [3.63, 3.8) is 0 Å². The van der Waals surface area contributed by atoms with Crippen LogP contribution in [0, 0.1) is 11.8 Å². The van der Waals surface area contributed by atoms with E-state index in [9.17, 15) is 14.4 Å². The van der Waals surface area contributed by atoms with Gasteiger partial charge in [-0.2, -0.15) is 0 Å². The minimum Gasteiger partial charge on any atom is -0.487 e. The molecule has 2 bridgehead atoms. The third-order valence-corrected chi connectivity index (χ3v) is 7.96. The highest BCUT2D eigenvalue weighted by Crippen LogP contribution is 2.23. The number of likely N-dealkylation sites (N-methyl/N-ethyl adjacent to an activating group) is 1. The standard InChI is InChI=1S/C33H43N5O4/c1-7-21(4)29(38(5)6)33(41)37-28-30(20(2)3)42-24-14-12-22(13-15-24)16-17-34-31(39)27(36-32(28)40)18-23-19-35-26-11-9-8-10-25(23)26/h8-17,19-21,27-30,35H,7,18H2,1-6H3,(H,34,39)(H,36,40)(H,37,41)/b17-16-. The molecule has 0 saturated carbocycles. The van der Waals surface area contributed by atoms with E-state index in [0.29, 0.717) is 5.75 Å². The molecule has 3 amide bonds. The largest absolute Gasteiger partial charge is 0.487 e. The van der Waals surface area contributed by atoms with Crippen LogP contribution in [-0.4, -0.2) is 65.9 Å². The molecule has 2 aromatic carbocycles. The van der Waals surface area contributed by atoms with E-state index >= 15 is 0 Å². The maximum Gasteiger partial charge on any atom is 0.247 e. The summed E-state index contributed by atoms with van der Waals surface area (Å²) in [5, 5.41) is 9.79. The molecule has 9 nitrogen and oxygen atoms in total. The minimum absolute atomic E-state index is 0.0553. The molecule has 5 atom stereocenters. The maximum atomic E-state index is 14.1. The molecule has 5 unspecified atom stereocenters. The van der Waals surface area contributed by atoms with Crippen LogP contribution in [0.1, 0.15) is 45.2 Å². The number of para-hydroxylation sites is 1. The number of carbonyl (C=O) groups is 3. The van der Waals surface area contributed by atoms with Crippen LogP contribution in [0.5, 0.6) is 5.75 Å². The number of aromatic amines is 1. The molecular formula is C33H43N5O4. The molecule has 0 aliphatic carbocycles. The lowest BCUT2D eigenvalue weighted by atomic mass is 9.94. The predicted molar refractivity (Wildman–Crippen MR) is 166 cm³/mol. The van der Waals surface area contributed by atoms with Gasteiger partial charge in [-0.25, -0.2) is 0 Å². The summed E-state index contributed by atoms with van der Waals surface area (Å²) in [6.07, 6.45) is 5.57. The van der Waals surface area contributed by atoms with Crippen LogP contribution in [0.2, 0.25) is 0 Å². The first-order chi connectivity index (χ1) is 20.1. The van der Waals surface area contributed by atoms with Crippen LogP contribution in [0.25, 0.3) is 17.0 Å². The van der Waals surface area contributed by atoms with Gasteiger partial charge < -0.3 is 25.7 Å². The number of fused-ring (bicyclic) bond motifs is 11. The lowest BCUT2D eigenvalue weighted by molar-refractivity contribution is -0.136. The van der Waals surface area contributed by atoms with Gasteiger partial charge in [-0.3, -0.25) is 19.3 Å². The second-order valence-electron chi connectivity index (χ2n) is 11.6. The van der Waals surface area contributed by atoms with Crippen molar-refractivity contribution < 1.29 is 19.1 Å². The number of H-pyrrole nitrogens is 1. The Morgan fingerprint density at radius 2 is 1.74 bits per heavy atom. The van der Waals surface area contributed by atoms with E-state index in [-0.39, 0.29) is 30.1 Å². The summed E-state index contributed by atoms with van der Waals surface area (Å²) in [6.45, 7) is 7.96. The van der Waals surface area contributed by atoms with E-state index < -0.39 is 30.1 Å². The van der Waals surface area contributed by atoms with Crippen molar-refractivity contribution in [2.45, 2.75) is 64.8 Å². The second kappa shape index (κ2) is 13.7. The van der Waals surface area contributed by atoms with E-state index in [4.69, 9.17) is 4.74 Å². The zero-order valence-corrected chi connectivity index (χ0v) is 25.3. The van der Waals surface area contributed by atoms with Gasteiger partial charge in [0, 0.05) is 29.7 Å². The maximum absolute atomic E-state index is 14.1. The summed E-state index contributed by atoms with van der Waals surface area (Å²) in [5.74, 6) is -0.616. The minimum atomic E-state index is -1.06. The molecule has 3 aromatic rings. The van der Waals surface area contributed by atoms with Crippen LogP contribution < -0.4 is 20.7 Å². The van der Waals surface area contributed by atoms with Crippen molar-refractivity contribution in [2.24, 2.45) is 11.8 Å². The molecule has 1 aromatic heterocycles. The number of rotatable bonds is 8. The Labute approximate surface area is 248 Å². The molecule has 2 aliphatic rings. The lowest BCUT2D eigenvalue weighted by Gasteiger charge is -2.35. The molecule has 0 fully saturated rings. The van der Waals surface area contributed by atoms with Gasteiger partial charge in [-0.1, -0.05) is 64.4 Å². The Bertz CT molecular complexity index is 1410. The first-order valence-corrected chi connectivity index (χ1v) is 14.6. The van der Waals surface area contributed by atoms with Gasteiger partial charge >= 0.3 is 0 Å². The number of amides is 3. The van der Waals surface area contributed by atoms with E-state index in [1.165, 1.54) is 0 Å². The van der Waals surface area contributed by atoms with Crippen molar-refractivity contribution in [3.05, 3.63) is 72.1 Å². The molecule has 224 valence electrons. The molecular weight excluding hydrogens is 530 g/mol. The van der Waals surface area contributed by atoms with Crippen molar-refractivity contribution in [2.75, 3.05) is 14.1 Å². The highest BCUT2D eigenvalue weighted by atomic mass is 16.5. The molecule has 5 rings (SSSR count). The first kappa shape index (κ1) is 30.8. The van der Waals surface area contributed by atoms with Gasteiger partial charge in [0.15, 0.2) is 0 Å². The summed E-state index contributed by atoms with van der Waals surface area (Å²) >= 11 is 0. The number of hydrogen-bond donors (Lipinski definition) is 4. The zero-order valence-electron chi connectivity index (χ0n) is 25.3. The smallest absolute Gasteiger partial charge is 0.247 e. The summed E-state index contributed by atoms with van der Waals surface area (Å²) in [6, 6.07) is 12.8. The first-order valence-electron chi connectivity index (χ1n) is 14.6. The SMILES string of the molecule is CCC(C)C(C(=O)NC1C(=O)NC(Cc2c[nH]c3ccccc23)C(=O)N/C=C\c2ccc(cc2)OC1C(C)C)N(C)C. The number of benzene rings is 2. The highest BCUT2D eigenvalue weighted by Gasteiger charge is 2.38. The Kier molecular flexibility index (Phi) is 10.1. The molecule has 9 heteroatoms. The van der Waals surface area contributed by atoms with Gasteiger partial charge in [-0.05, 0) is 61.3 Å². The van der Waals surface area contributed by atoms with Crippen LogP contribution in [0.4, 0.5) is 0 Å². The predicted octanol–water partition coefficient (Wildman–Crippen LogP) is 3.86. The van der Waals surface area contributed by atoms with Crippen LogP contribution >= 0.6 is 0 Å². The molecule has 0 saturated heterocycles. The van der Waals surface area contributed by atoms with Gasteiger partial charge in [0.1, 0.15) is 23.9 Å². The Morgan fingerprint density at radius 3 is 2.40 bits per heavy atom.